The lowest BCUT2D eigenvalue weighted by atomic mass is 9.90. The highest BCUT2D eigenvalue weighted by atomic mass is 35.5. The van der Waals surface area contributed by atoms with Crippen LogP contribution in [0.25, 0.3) is 0 Å². The van der Waals surface area contributed by atoms with E-state index in [2.05, 4.69) is 12.2 Å². The first kappa shape index (κ1) is 21.3. The number of hydrogen-bond acceptors (Lipinski definition) is 4. The average Bonchev–Trinajstić information content (AvgIpc) is 3.18. The molecule has 5 nitrogen and oxygen atoms in total. The van der Waals surface area contributed by atoms with E-state index in [1.165, 1.54) is 29.5 Å². The first-order valence-corrected chi connectivity index (χ1v) is 9.30. The highest BCUT2D eigenvalue weighted by Gasteiger charge is 2.36. The van der Waals surface area contributed by atoms with Gasteiger partial charge in [-0.3, -0.25) is 9.59 Å². The number of thiophene rings is 1. The van der Waals surface area contributed by atoms with Crippen LogP contribution in [0.1, 0.15) is 38.9 Å². The molecular formula is C19H23ClFN3O2S. The largest absolute Gasteiger partial charge is 0.337 e. The number of rotatable bonds is 4. The minimum absolute atomic E-state index is 0. The normalized spacial score (nSPS) is 18.9. The molecule has 146 valence electrons. The van der Waals surface area contributed by atoms with Crippen LogP contribution in [0.2, 0.25) is 0 Å². The van der Waals surface area contributed by atoms with Gasteiger partial charge in [0.1, 0.15) is 5.82 Å². The Bertz CT molecular complexity index is 857. The fraction of sp³-hybridized carbons (Fsp3) is 0.368. The molecule has 1 saturated heterocycles. The van der Waals surface area contributed by atoms with E-state index in [0.717, 1.165) is 12.0 Å². The van der Waals surface area contributed by atoms with E-state index in [9.17, 15) is 14.0 Å². The summed E-state index contributed by atoms with van der Waals surface area (Å²) in [5.74, 6) is -0.898. The Morgan fingerprint density at radius 1 is 1.37 bits per heavy atom. The number of nitrogens with one attached hydrogen (secondary N) is 1. The van der Waals surface area contributed by atoms with Gasteiger partial charge < -0.3 is 16.0 Å². The molecule has 0 saturated carbocycles. The highest BCUT2D eigenvalue weighted by Crippen LogP contribution is 2.33. The van der Waals surface area contributed by atoms with Crippen LogP contribution in [0.15, 0.2) is 30.3 Å². The van der Waals surface area contributed by atoms with E-state index >= 15 is 0 Å². The van der Waals surface area contributed by atoms with Crippen molar-refractivity contribution in [2.75, 3.05) is 25.0 Å². The first-order valence-electron chi connectivity index (χ1n) is 8.48. The Kier molecular flexibility index (Phi) is 6.62. The molecule has 1 aliphatic heterocycles. The molecule has 1 fully saturated rings. The summed E-state index contributed by atoms with van der Waals surface area (Å²) >= 11 is 1.24. The second-order valence-corrected chi connectivity index (χ2v) is 8.13. The minimum atomic E-state index is -0.465. The molecule has 1 aliphatic rings. The molecule has 1 aromatic carbocycles. The zero-order valence-corrected chi connectivity index (χ0v) is 16.9. The van der Waals surface area contributed by atoms with Gasteiger partial charge in [0.25, 0.3) is 11.8 Å². The van der Waals surface area contributed by atoms with E-state index in [1.54, 1.807) is 12.1 Å². The second kappa shape index (κ2) is 8.37. The van der Waals surface area contributed by atoms with Crippen molar-refractivity contribution in [1.29, 1.82) is 0 Å². The first-order chi connectivity index (χ1) is 12.3. The monoisotopic (exact) mass is 411 g/mol. The summed E-state index contributed by atoms with van der Waals surface area (Å²) < 4.78 is 13.3. The summed E-state index contributed by atoms with van der Waals surface area (Å²) in [7, 11) is 0. The second-order valence-electron chi connectivity index (χ2n) is 7.08. The van der Waals surface area contributed by atoms with Crippen LogP contribution >= 0.6 is 23.7 Å². The molecule has 0 aliphatic carbocycles. The van der Waals surface area contributed by atoms with Gasteiger partial charge in [-0.25, -0.2) is 4.39 Å². The third-order valence-electron chi connectivity index (χ3n) is 4.77. The molecular weight excluding hydrogens is 389 g/mol. The van der Waals surface area contributed by atoms with Gasteiger partial charge in [0, 0.05) is 18.7 Å². The van der Waals surface area contributed by atoms with Gasteiger partial charge in [-0.15, -0.1) is 23.7 Å². The standard InChI is InChI=1S/C19H22FN3O2S.ClH/c1-12-8-15(22-17(24)13-4-3-5-14(20)9-13)26-16(12)18(25)23-7-6-19(2,10-21)11-23;/h3-5,8-9H,6-7,10-11,21H2,1-2H3,(H,22,24);1H. The van der Waals surface area contributed by atoms with Gasteiger partial charge in [0.05, 0.1) is 9.88 Å². The molecule has 27 heavy (non-hydrogen) atoms. The number of likely N-dealkylation sites (tertiary alicyclic amines) is 1. The summed E-state index contributed by atoms with van der Waals surface area (Å²) in [5.41, 5.74) is 6.84. The minimum Gasteiger partial charge on any atom is -0.337 e. The van der Waals surface area contributed by atoms with Crippen molar-refractivity contribution >= 4 is 40.6 Å². The molecule has 0 bridgehead atoms. The molecule has 2 heterocycles. The topological polar surface area (TPSA) is 75.4 Å². The van der Waals surface area contributed by atoms with Crippen LogP contribution in [0.5, 0.6) is 0 Å². The van der Waals surface area contributed by atoms with Crippen molar-refractivity contribution in [3.8, 4) is 0 Å². The number of nitrogens with two attached hydrogens (primary N) is 1. The molecule has 0 radical (unpaired) electrons. The number of nitrogens with zero attached hydrogens (tertiary/aromatic N) is 1. The molecule has 0 spiro atoms. The van der Waals surface area contributed by atoms with E-state index in [1.807, 2.05) is 11.8 Å². The molecule has 1 unspecified atom stereocenters. The Labute approximate surface area is 168 Å². The van der Waals surface area contributed by atoms with Crippen molar-refractivity contribution in [3.63, 3.8) is 0 Å². The van der Waals surface area contributed by atoms with Gasteiger partial charge in [0.2, 0.25) is 0 Å². The van der Waals surface area contributed by atoms with Gasteiger partial charge in [0.15, 0.2) is 0 Å². The van der Waals surface area contributed by atoms with Crippen LogP contribution in [0, 0.1) is 18.2 Å². The van der Waals surface area contributed by atoms with E-state index in [-0.39, 0.29) is 29.3 Å². The number of carbonyl (C=O) groups is 2. The maximum absolute atomic E-state index is 13.3. The molecule has 2 aromatic rings. The van der Waals surface area contributed by atoms with Gasteiger partial charge in [-0.1, -0.05) is 13.0 Å². The summed E-state index contributed by atoms with van der Waals surface area (Å²) in [4.78, 5) is 27.5. The van der Waals surface area contributed by atoms with Crippen LogP contribution in [0.3, 0.4) is 0 Å². The zero-order valence-electron chi connectivity index (χ0n) is 15.3. The maximum atomic E-state index is 13.3. The van der Waals surface area contributed by atoms with E-state index in [4.69, 9.17) is 5.73 Å². The number of amides is 2. The smallest absolute Gasteiger partial charge is 0.264 e. The number of anilines is 1. The lowest BCUT2D eigenvalue weighted by molar-refractivity contribution is 0.0781. The number of aryl methyl sites for hydroxylation is 1. The van der Waals surface area contributed by atoms with Crippen molar-refractivity contribution in [3.05, 3.63) is 52.2 Å². The molecule has 3 rings (SSSR count). The van der Waals surface area contributed by atoms with Crippen molar-refractivity contribution in [1.82, 2.24) is 4.90 Å². The van der Waals surface area contributed by atoms with Crippen LogP contribution in [-0.2, 0) is 0 Å². The predicted molar refractivity (Wildman–Crippen MR) is 108 cm³/mol. The van der Waals surface area contributed by atoms with Crippen LogP contribution in [0.4, 0.5) is 9.39 Å². The highest BCUT2D eigenvalue weighted by molar-refractivity contribution is 7.18. The molecule has 8 heteroatoms. The molecule has 1 atom stereocenters. The Balaban J connectivity index is 0.00000261. The zero-order chi connectivity index (χ0) is 18.9. The Hall–Kier alpha value is -1.96. The molecule has 1 aromatic heterocycles. The van der Waals surface area contributed by atoms with Gasteiger partial charge in [-0.05, 0) is 55.1 Å². The third kappa shape index (κ3) is 4.66. The van der Waals surface area contributed by atoms with Crippen LogP contribution < -0.4 is 11.1 Å². The maximum Gasteiger partial charge on any atom is 0.264 e. The van der Waals surface area contributed by atoms with Gasteiger partial charge >= 0.3 is 0 Å². The van der Waals surface area contributed by atoms with Crippen molar-refractivity contribution in [2.24, 2.45) is 11.1 Å². The number of halogens is 2. The van der Waals surface area contributed by atoms with Crippen LogP contribution in [-0.4, -0.2) is 36.3 Å². The lowest BCUT2D eigenvalue weighted by Crippen LogP contribution is -2.34. The van der Waals surface area contributed by atoms with E-state index in [0.29, 0.717) is 29.5 Å². The average molecular weight is 412 g/mol. The quantitative estimate of drug-likeness (QED) is 0.805. The Morgan fingerprint density at radius 3 is 2.74 bits per heavy atom. The fourth-order valence-corrected chi connectivity index (χ4v) is 4.11. The summed E-state index contributed by atoms with van der Waals surface area (Å²) in [6.45, 7) is 5.82. The summed E-state index contributed by atoms with van der Waals surface area (Å²) in [6, 6.07) is 7.27. The lowest BCUT2D eigenvalue weighted by Gasteiger charge is -2.22. The summed E-state index contributed by atoms with van der Waals surface area (Å²) in [6.07, 6.45) is 0.892. The SMILES string of the molecule is Cc1cc(NC(=O)c2cccc(F)c2)sc1C(=O)N1CCC(C)(CN)C1.Cl. The molecule has 3 N–H and O–H groups in total. The predicted octanol–water partition coefficient (Wildman–Crippen LogP) is 3.68. The Morgan fingerprint density at radius 2 is 2.11 bits per heavy atom. The third-order valence-corrected chi connectivity index (χ3v) is 5.91. The summed E-state index contributed by atoms with van der Waals surface area (Å²) in [5, 5.41) is 3.31. The van der Waals surface area contributed by atoms with Gasteiger partial charge in [-0.2, -0.15) is 0 Å². The number of benzene rings is 1. The fourth-order valence-electron chi connectivity index (χ4n) is 3.08. The van der Waals surface area contributed by atoms with E-state index < -0.39 is 11.7 Å². The number of carbonyl (C=O) groups excluding carboxylic acids is 2. The van der Waals surface area contributed by atoms with Crippen molar-refractivity contribution < 1.29 is 14.0 Å². The van der Waals surface area contributed by atoms with Crippen molar-refractivity contribution in [2.45, 2.75) is 20.3 Å². The molecule has 2 amide bonds. The number of hydrogen-bond donors (Lipinski definition) is 2.